The summed E-state index contributed by atoms with van der Waals surface area (Å²) in [6.07, 6.45) is 1.72. The van der Waals surface area contributed by atoms with Crippen LogP contribution in [0.4, 0.5) is 5.69 Å². The number of hydrogen-bond donors (Lipinski definition) is 1. The van der Waals surface area contributed by atoms with Gasteiger partial charge in [0.05, 0.1) is 29.4 Å². The normalized spacial score (nSPS) is 15.2. The van der Waals surface area contributed by atoms with E-state index in [1.165, 1.54) is 28.2 Å². The number of hydrogen-bond acceptors (Lipinski definition) is 6. The number of nitrogens with one attached hydrogen (secondary N) is 1. The van der Waals surface area contributed by atoms with E-state index in [0.717, 1.165) is 15.8 Å². The number of amides is 1. The average Bonchev–Trinajstić information content (AvgIpc) is 2.78. The zero-order chi connectivity index (χ0) is 21.0. The van der Waals surface area contributed by atoms with Gasteiger partial charge in [-0.15, -0.1) is 11.8 Å². The fraction of sp³-hybridized carbons (Fsp3) is 0.238. The molecule has 0 spiro atoms. The van der Waals surface area contributed by atoms with Gasteiger partial charge in [-0.2, -0.15) is 4.31 Å². The Bertz CT molecular complexity index is 1160. The van der Waals surface area contributed by atoms with Crippen LogP contribution in [0.1, 0.15) is 0 Å². The molecule has 30 heavy (non-hydrogen) atoms. The van der Waals surface area contributed by atoms with Crippen molar-refractivity contribution in [1.82, 2.24) is 9.29 Å². The third kappa shape index (κ3) is 4.65. The van der Waals surface area contributed by atoms with Crippen molar-refractivity contribution in [1.29, 1.82) is 0 Å². The van der Waals surface area contributed by atoms with Crippen molar-refractivity contribution in [2.75, 3.05) is 37.4 Å². The number of para-hydroxylation sites is 1. The van der Waals surface area contributed by atoms with Crippen LogP contribution >= 0.6 is 11.8 Å². The first-order valence-electron chi connectivity index (χ1n) is 9.48. The third-order valence-electron chi connectivity index (χ3n) is 4.69. The highest BCUT2D eigenvalue weighted by molar-refractivity contribution is 8.00. The van der Waals surface area contributed by atoms with E-state index in [1.54, 1.807) is 18.3 Å². The second-order valence-corrected chi connectivity index (χ2v) is 9.66. The molecule has 7 nitrogen and oxygen atoms in total. The number of anilines is 1. The van der Waals surface area contributed by atoms with Gasteiger partial charge < -0.3 is 10.1 Å². The summed E-state index contributed by atoms with van der Waals surface area (Å²) in [6.45, 7) is 1.43. The molecular weight excluding hydrogens is 422 g/mol. The molecule has 0 radical (unpaired) electrons. The van der Waals surface area contributed by atoms with Crippen LogP contribution in [0.15, 0.2) is 70.6 Å². The minimum Gasteiger partial charge on any atom is -0.379 e. The van der Waals surface area contributed by atoms with Crippen molar-refractivity contribution >= 4 is 44.3 Å². The lowest BCUT2D eigenvalue weighted by Crippen LogP contribution is -2.40. The standard InChI is InChI=1S/C21H21N3O4S2/c25-21(15-29-20-8-9-22-19-7-2-1-6-18(19)20)23-16-4-3-5-17(14-16)30(26,27)24-10-12-28-13-11-24/h1-9,14H,10-13,15H2,(H,23,25). The summed E-state index contributed by atoms with van der Waals surface area (Å²) < 4.78 is 32.2. The van der Waals surface area contributed by atoms with Gasteiger partial charge in [0.2, 0.25) is 15.9 Å². The second-order valence-electron chi connectivity index (χ2n) is 6.71. The fourth-order valence-electron chi connectivity index (χ4n) is 3.21. The van der Waals surface area contributed by atoms with Crippen molar-refractivity contribution in [2.24, 2.45) is 0 Å². The quantitative estimate of drug-likeness (QED) is 0.589. The maximum atomic E-state index is 12.8. The number of morpholine rings is 1. The molecule has 1 fully saturated rings. The summed E-state index contributed by atoms with van der Waals surface area (Å²) in [5.41, 5.74) is 1.33. The molecule has 1 aliphatic heterocycles. The van der Waals surface area contributed by atoms with Crippen molar-refractivity contribution in [2.45, 2.75) is 9.79 Å². The van der Waals surface area contributed by atoms with Gasteiger partial charge in [-0.1, -0.05) is 24.3 Å². The molecule has 1 aliphatic rings. The fourth-order valence-corrected chi connectivity index (χ4v) is 5.50. The van der Waals surface area contributed by atoms with Crippen LogP contribution in [-0.2, 0) is 19.6 Å². The van der Waals surface area contributed by atoms with Crippen LogP contribution in [0.2, 0.25) is 0 Å². The molecule has 3 aromatic rings. The monoisotopic (exact) mass is 443 g/mol. The Balaban J connectivity index is 1.43. The van der Waals surface area contributed by atoms with Gasteiger partial charge in [-0.3, -0.25) is 9.78 Å². The van der Waals surface area contributed by atoms with Gasteiger partial charge in [-0.25, -0.2) is 8.42 Å². The molecule has 1 aromatic heterocycles. The summed E-state index contributed by atoms with van der Waals surface area (Å²) >= 11 is 1.42. The van der Waals surface area contributed by atoms with Crippen LogP contribution in [0, 0.1) is 0 Å². The lowest BCUT2D eigenvalue weighted by atomic mass is 10.2. The maximum absolute atomic E-state index is 12.8. The van der Waals surface area contributed by atoms with E-state index in [0.29, 0.717) is 32.0 Å². The van der Waals surface area contributed by atoms with Gasteiger partial charge in [0.1, 0.15) is 0 Å². The molecule has 1 amide bonds. The Morgan fingerprint density at radius 1 is 1.10 bits per heavy atom. The Kier molecular flexibility index (Phi) is 6.33. The highest BCUT2D eigenvalue weighted by Crippen LogP contribution is 2.27. The van der Waals surface area contributed by atoms with Gasteiger partial charge >= 0.3 is 0 Å². The van der Waals surface area contributed by atoms with Crippen molar-refractivity contribution in [3.05, 3.63) is 60.8 Å². The lowest BCUT2D eigenvalue weighted by molar-refractivity contribution is -0.113. The number of rotatable bonds is 6. The number of carbonyl (C=O) groups is 1. The van der Waals surface area contributed by atoms with E-state index in [2.05, 4.69) is 10.3 Å². The smallest absolute Gasteiger partial charge is 0.243 e. The van der Waals surface area contributed by atoms with Crippen LogP contribution in [0.25, 0.3) is 10.9 Å². The number of sulfonamides is 1. The van der Waals surface area contributed by atoms with Crippen LogP contribution in [-0.4, -0.2) is 55.7 Å². The van der Waals surface area contributed by atoms with Crippen LogP contribution in [0.3, 0.4) is 0 Å². The number of aromatic nitrogens is 1. The molecule has 0 saturated carbocycles. The zero-order valence-electron chi connectivity index (χ0n) is 16.2. The summed E-state index contributed by atoms with van der Waals surface area (Å²) in [5.74, 6) is -0.00383. The Hall–Kier alpha value is -2.46. The topological polar surface area (TPSA) is 88.6 Å². The van der Waals surface area contributed by atoms with Crippen LogP contribution in [0.5, 0.6) is 0 Å². The van der Waals surface area contributed by atoms with Crippen molar-refractivity contribution < 1.29 is 17.9 Å². The van der Waals surface area contributed by atoms with E-state index < -0.39 is 10.0 Å². The van der Waals surface area contributed by atoms with E-state index in [-0.39, 0.29) is 16.6 Å². The summed E-state index contributed by atoms with van der Waals surface area (Å²) in [6, 6.07) is 16.0. The van der Waals surface area contributed by atoms with E-state index in [4.69, 9.17) is 4.74 Å². The second kappa shape index (κ2) is 9.13. The summed E-state index contributed by atoms with van der Waals surface area (Å²) in [5, 5.41) is 3.79. The molecule has 0 atom stereocenters. The van der Waals surface area contributed by atoms with Crippen LogP contribution < -0.4 is 5.32 Å². The molecule has 0 aliphatic carbocycles. The number of benzene rings is 2. The van der Waals surface area contributed by atoms with E-state index in [9.17, 15) is 13.2 Å². The summed E-state index contributed by atoms with van der Waals surface area (Å²) in [7, 11) is -3.61. The van der Waals surface area contributed by atoms with Gasteiger partial charge in [0.25, 0.3) is 0 Å². The van der Waals surface area contributed by atoms with Crippen molar-refractivity contribution in [3.8, 4) is 0 Å². The number of pyridine rings is 1. The molecule has 1 saturated heterocycles. The number of carbonyl (C=O) groups excluding carboxylic acids is 1. The lowest BCUT2D eigenvalue weighted by Gasteiger charge is -2.26. The minimum atomic E-state index is -3.61. The first-order chi connectivity index (χ1) is 14.5. The van der Waals surface area contributed by atoms with Crippen molar-refractivity contribution in [3.63, 3.8) is 0 Å². The molecule has 156 valence electrons. The molecule has 1 N–H and O–H groups in total. The van der Waals surface area contributed by atoms with E-state index >= 15 is 0 Å². The van der Waals surface area contributed by atoms with E-state index in [1.807, 2.05) is 30.3 Å². The number of fused-ring (bicyclic) bond motifs is 1. The maximum Gasteiger partial charge on any atom is 0.243 e. The molecule has 4 rings (SSSR count). The number of thioether (sulfide) groups is 1. The molecule has 0 unspecified atom stereocenters. The molecule has 9 heteroatoms. The average molecular weight is 444 g/mol. The molecule has 2 aromatic carbocycles. The first-order valence-corrected chi connectivity index (χ1v) is 11.9. The Morgan fingerprint density at radius 3 is 2.73 bits per heavy atom. The number of nitrogens with zero attached hydrogens (tertiary/aromatic N) is 2. The zero-order valence-corrected chi connectivity index (χ0v) is 17.8. The first kappa shape index (κ1) is 20.8. The summed E-state index contributed by atoms with van der Waals surface area (Å²) in [4.78, 5) is 17.9. The predicted molar refractivity (Wildman–Crippen MR) is 117 cm³/mol. The van der Waals surface area contributed by atoms with Gasteiger partial charge in [-0.05, 0) is 30.3 Å². The molecule has 2 heterocycles. The SMILES string of the molecule is O=C(CSc1ccnc2ccccc12)Nc1cccc(S(=O)(=O)N2CCOCC2)c1. The largest absolute Gasteiger partial charge is 0.379 e. The molecule has 0 bridgehead atoms. The predicted octanol–water partition coefficient (Wildman–Crippen LogP) is 2.99. The number of ether oxygens (including phenoxy) is 1. The third-order valence-corrected chi connectivity index (χ3v) is 7.66. The van der Waals surface area contributed by atoms with Gasteiger partial charge in [0.15, 0.2) is 0 Å². The van der Waals surface area contributed by atoms with Gasteiger partial charge in [0, 0.05) is 35.3 Å². The highest BCUT2D eigenvalue weighted by atomic mass is 32.2. The Morgan fingerprint density at radius 2 is 1.90 bits per heavy atom. The highest BCUT2D eigenvalue weighted by Gasteiger charge is 2.26. The Labute approximate surface area is 179 Å². The molecular formula is C21H21N3O4S2. The minimum absolute atomic E-state index is 0.162.